The van der Waals surface area contributed by atoms with Gasteiger partial charge in [-0.3, -0.25) is 0 Å². The van der Waals surface area contributed by atoms with Crippen molar-refractivity contribution in [2.45, 2.75) is 27.2 Å². The molecule has 0 fully saturated rings. The van der Waals surface area contributed by atoms with E-state index < -0.39 is 0 Å². The van der Waals surface area contributed by atoms with E-state index in [-0.39, 0.29) is 0 Å². The average molecular weight is 292 g/mol. The summed E-state index contributed by atoms with van der Waals surface area (Å²) in [4.78, 5) is 4.36. The van der Waals surface area contributed by atoms with Gasteiger partial charge in [0.25, 0.3) is 0 Å². The first kappa shape index (κ1) is 14.5. The molecule has 1 heterocycles. The number of nitrogens with zero attached hydrogens (tertiary/aromatic N) is 3. The topological polar surface area (TPSA) is 62.7 Å². The minimum Gasteiger partial charge on any atom is -0.353 e. The summed E-state index contributed by atoms with van der Waals surface area (Å²) >= 11 is 6.27. The molecule has 0 spiro atoms. The Hall–Kier alpha value is -1.88. The van der Waals surface area contributed by atoms with Gasteiger partial charge in [-0.2, -0.15) is 10.1 Å². The van der Waals surface area contributed by atoms with Crippen molar-refractivity contribution < 1.29 is 0 Å². The predicted molar refractivity (Wildman–Crippen MR) is 82.8 cm³/mol. The lowest BCUT2D eigenvalue weighted by atomic mass is 10.1. The Bertz CT molecular complexity index is 577. The summed E-state index contributed by atoms with van der Waals surface area (Å²) in [5.41, 5.74) is 3.04. The molecule has 1 aromatic carbocycles. The highest BCUT2D eigenvalue weighted by molar-refractivity contribution is 6.33. The Balaban J connectivity index is 2.22. The van der Waals surface area contributed by atoms with Gasteiger partial charge in [0.1, 0.15) is 0 Å². The highest BCUT2D eigenvalue weighted by Crippen LogP contribution is 2.29. The van der Waals surface area contributed by atoms with Crippen LogP contribution < -0.4 is 10.6 Å². The van der Waals surface area contributed by atoms with Crippen LogP contribution in [0.15, 0.2) is 18.3 Å². The standard InChI is InChI=1S/C14H18ClN5/c1-4-5-16-14-19-12(8-17-20-14)18-13-10(3)6-9(2)7-11(13)15/h6-8H,4-5H2,1-3H3,(H2,16,18,19,20). The molecule has 20 heavy (non-hydrogen) atoms. The average Bonchev–Trinajstić information content (AvgIpc) is 2.41. The molecule has 0 radical (unpaired) electrons. The molecule has 2 rings (SSSR count). The number of aryl methyl sites for hydroxylation is 2. The largest absolute Gasteiger partial charge is 0.353 e. The van der Waals surface area contributed by atoms with Gasteiger partial charge in [0, 0.05) is 6.54 Å². The van der Waals surface area contributed by atoms with Gasteiger partial charge in [0.15, 0.2) is 5.82 Å². The summed E-state index contributed by atoms with van der Waals surface area (Å²) < 4.78 is 0. The maximum Gasteiger partial charge on any atom is 0.244 e. The van der Waals surface area contributed by atoms with Crippen molar-refractivity contribution >= 4 is 29.1 Å². The van der Waals surface area contributed by atoms with E-state index in [0.29, 0.717) is 16.8 Å². The minimum absolute atomic E-state index is 0.512. The van der Waals surface area contributed by atoms with Gasteiger partial charge in [-0.25, -0.2) is 0 Å². The van der Waals surface area contributed by atoms with Gasteiger partial charge >= 0.3 is 0 Å². The highest BCUT2D eigenvalue weighted by atomic mass is 35.5. The molecule has 0 saturated heterocycles. The molecule has 6 heteroatoms. The Morgan fingerprint density at radius 1 is 1.25 bits per heavy atom. The number of benzene rings is 1. The van der Waals surface area contributed by atoms with Crippen LogP contribution in [0.25, 0.3) is 0 Å². The molecule has 2 aromatic rings. The first-order valence-corrected chi connectivity index (χ1v) is 6.95. The normalized spacial score (nSPS) is 10.4. The molecule has 1 aromatic heterocycles. The van der Waals surface area contributed by atoms with Gasteiger partial charge < -0.3 is 10.6 Å². The number of hydrogen-bond donors (Lipinski definition) is 2. The summed E-state index contributed by atoms with van der Waals surface area (Å²) in [6, 6.07) is 3.99. The minimum atomic E-state index is 0.512. The van der Waals surface area contributed by atoms with Crippen molar-refractivity contribution in [3.63, 3.8) is 0 Å². The quantitative estimate of drug-likeness (QED) is 0.879. The molecule has 106 valence electrons. The van der Waals surface area contributed by atoms with Crippen LogP contribution in [0.1, 0.15) is 24.5 Å². The maximum absolute atomic E-state index is 6.27. The third kappa shape index (κ3) is 3.57. The molecular weight excluding hydrogens is 274 g/mol. The smallest absolute Gasteiger partial charge is 0.244 e. The lowest BCUT2D eigenvalue weighted by molar-refractivity contribution is 0.913. The van der Waals surface area contributed by atoms with Gasteiger partial charge in [-0.05, 0) is 37.5 Å². The molecule has 5 nitrogen and oxygen atoms in total. The summed E-state index contributed by atoms with van der Waals surface area (Å²) in [7, 11) is 0. The maximum atomic E-state index is 6.27. The number of rotatable bonds is 5. The lowest BCUT2D eigenvalue weighted by Crippen LogP contribution is -2.07. The van der Waals surface area contributed by atoms with Crippen molar-refractivity contribution in [3.8, 4) is 0 Å². The van der Waals surface area contributed by atoms with E-state index in [1.807, 2.05) is 19.9 Å². The fourth-order valence-corrected chi connectivity index (χ4v) is 2.25. The van der Waals surface area contributed by atoms with E-state index in [9.17, 15) is 0 Å². The van der Waals surface area contributed by atoms with E-state index >= 15 is 0 Å². The summed E-state index contributed by atoms with van der Waals surface area (Å²) in [6.07, 6.45) is 2.58. The van der Waals surface area contributed by atoms with Crippen molar-refractivity contribution in [1.29, 1.82) is 0 Å². The summed E-state index contributed by atoms with van der Waals surface area (Å²) in [5, 5.41) is 14.8. The third-order valence-electron chi connectivity index (χ3n) is 2.78. The number of anilines is 3. The number of aromatic nitrogens is 3. The van der Waals surface area contributed by atoms with Gasteiger partial charge in [-0.1, -0.05) is 24.6 Å². The van der Waals surface area contributed by atoms with Crippen molar-refractivity contribution in [1.82, 2.24) is 15.2 Å². The van der Waals surface area contributed by atoms with Crippen LogP contribution in [-0.4, -0.2) is 21.7 Å². The second kappa shape index (κ2) is 6.52. The first-order chi connectivity index (χ1) is 9.60. The number of nitrogens with one attached hydrogen (secondary N) is 2. The van der Waals surface area contributed by atoms with Crippen molar-refractivity contribution in [2.75, 3.05) is 17.2 Å². The monoisotopic (exact) mass is 291 g/mol. The predicted octanol–water partition coefficient (Wildman–Crippen LogP) is 3.71. The molecule has 0 aliphatic heterocycles. The van der Waals surface area contributed by atoms with E-state index in [0.717, 1.165) is 29.8 Å². The Morgan fingerprint density at radius 2 is 2.05 bits per heavy atom. The zero-order valence-electron chi connectivity index (χ0n) is 11.9. The molecule has 0 bridgehead atoms. The molecule has 0 atom stereocenters. The SMILES string of the molecule is CCCNc1nncc(Nc2c(C)cc(C)cc2Cl)n1. The third-order valence-corrected chi connectivity index (χ3v) is 3.07. The van der Waals surface area contributed by atoms with E-state index in [1.165, 1.54) is 0 Å². The molecule has 2 N–H and O–H groups in total. The summed E-state index contributed by atoms with van der Waals surface area (Å²) in [6.45, 7) is 6.92. The summed E-state index contributed by atoms with van der Waals surface area (Å²) in [5.74, 6) is 1.13. The van der Waals surface area contributed by atoms with Crippen LogP contribution in [0.4, 0.5) is 17.5 Å². The van der Waals surface area contributed by atoms with Crippen LogP contribution in [0.5, 0.6) is 0 Å². The lowest BCUT2D eigenvalue weighted by Gasteiger charge is -2.12. The van der Waals surface area contributed by atoms with Gasteiger partial charge in [0.05, 0.1) is 16.9 Å². The zero-order chi connectivity index (χ0) is 14.5. The number of hydrogen-bond acceptors (Lipinski definition) is 5. The van der Waals surface area contributed by atoms with Crippen LogP contribution in [0.3, 0.4) is 0 Å². The van der Waals surface area contributed by atoms with Gasteiger partial charge in [-0.15, -0.1) is 5.10 Å². The second-order valence-electron chi connectivity index (χ2n) is 4.66. The fourth-order valence-electron chi connectivity index (χ4n) is 1.88. The Labute approximate surface area is 123 Å². The van der Waals surface area contributed by atoms with Crippen LogP contribution in [0, 0.1) is 13.8 Å². The van der Waals surface area contributed by atoms with Crippen LogP contribution in [0.2, 0.25) is 5.02 Å². The van der Waals surface area contributed by atoms with E-state index in [1.54, 1.807) is 6.20 Å². The van der Waals surface area contributed by atoms with Gasteiger partial charge in [0.2, 0.25) is 5.95 Å². The zero-order valence-corrected chi connectivity index (χ0v) is 12.6. The Morgan fingerprint density at radius 3 is 2.75 bits per heavy atom. The van der Waals surface area contributed by atoms with Crippen molar-refractivity contribution in [2.24, 2.45) is 0 Å². The van der Waals surface area contributed by atoms with Crippen molar-refractivity contribution in [3.05, 3.63) is 34.5 Å². The second-order valence-corrected chi connectivity index (χ2v) is 5.06. The van der Waals surface area contributed by atoms with Crippen LogP contribution in [-0.2, 0) is 0 Å². The van der Waals surface area contributed by atoms with E-state index in [4.69, 9.17) is 11.6 Å². The highest BCUT2D eigenvalue weighted by Gasteiger charge is 2.07. The fraction of sp³-hybridized carbons (Fsp3) is 0.357. The molecule has 0 amide bonds. The molecular formula is C14H18ClN5. The molecule has 0 aliphatic rings. The number of halogens is 1. The molecule has 0 aliphatic carbocycles. The Kier molecular flexibility index (Phi) is 4.74. The van der Waals surface area contributed by atoms with E-state index in [2.05, 4.69) is 38.8 Å². The van der Waals surface area contributed by atoms with Crippen LogP contribution >= 0.6 is 11.6 Å². The first-order valence-electron chi connectivity index (χ1n) is 6.57. The molecule has 0 saturated carbocycles. The molecule has 0 unspecified atom stereocenters.